The molecular formula is C19H25BrN3S+. The van der Waals surface area contributed by atoms with Crippen molar-refractivity contribution in [3.05, 3.63) is 44.6 Å². The minimum absolute atomic E-state index is 0.803. The summed E-state index contributed by atoms with van der Waals surface area (Å²) in [5, 5.41) is 0. The maximum absolute atomic E-state index is 5.63. The first-order chi connectivity index (χ1) is 11.6. The lowest BCUT2D eigenvalue weighted by atomic mass is 9.96. The van der Waals surface area contributed by atoms with Crippen LogP contribution in [-0.4, -0.2) is 30.2 Å². The van der Waals surface area contributed by atoms with Crippen molar-refractivity contribution in [2.75, 3.05) is 20.6 Å². The largest absolute Gasteiger partial charge is 0.340 e. The summed E-state index contributed by atoms with van der Waals surface area (Å²) in [4.78, 5) is 6.33. The van der Waals surface area contributed by atoms with Crippen molar-refractivity contribution < 1.29 is 4.90 Å². The van der Waals surface area contributed by atoms with Crippen molar-refractivity contribution in [3.63, 3.8) is 0 Å². The molecule has 0 saturated heterocycles. The molecule has 1 heterocycles. The molecule has 1 aliphatic rings. The summed E-state index contributed by atoms with van der Waals surface area (Å²) >= 11 is 9.15. The molecule has 0 spiro atoms. The van der Waals surface area contributed by atoms with Crippen molar-refractivity contribution in [3.8, 4) is 11.4 Å². The van der Waals surface area contributed by atoms with Gasteiger partial charge in [0, 0.05) is 34.3 Å². The van der Waals surface area contributed by atoms with Crippen LogP contribution >= 0.6 is 28.1 Å². The lowest BCUT2D eigenvalue weighted by Crippen LogP contribution is -3.05. The van der Waals surface area contributed by atoms with Crippen LogP contribution in [0, 0.1) is 4.64 Å². The van der Waals surface area contributed by atoms with Gasteiger partial charge in [0.05, 0.1) is 20.6 Å². The molecule has 5 heteroatoms. The topological polar surface area (TPSA) is 22.3 Å². The number of rotatable bonds is 5. The van der Waals surface area contributed by atoms with Crippen LogP contribution in [0.2, 0.25) is 0 Å². The molecule has 3 rings (SSSR count). The highest BCUT2D eigenvalue weighted by Gasteiger charge is 2.19. The Labute approximate surface area is 157 Å². The first-order valence-electron chi connectivity index (χ1n) is 8.74. The summed E-state index contributed by atoms with van der Waals surface area (Å²) < 4.78 is 4.33. The fourth-order valence-electron chi connectivity index (χ4n) is 3.42. The number of aromatic nitrogens is 2. The SMILES string of the molecule is C[NH+](C)CCCn1c(-c2ccc(Br)cc2)nc(=S)c2c1CCCC2. The first kappa shape index (κ1) is 17.8. The second-order valence-electron chi connectivity index (χ2n) is 6.84. The Balaban J connectivity index is 2.07. The van der Waals surface area contributed by atoms with Crippen molar-refractivity contribution >= 4 is 28.1 Å². The zero-order chi connectivity index (χ0) is 17.1. The zero-order valence-corrected chi connectivity index (χ0v) is 16.8. The molecule has 24 heavy (non-hydrogen) atoms. The van der Waals surface area contributed by atoms with E-state index < -0.39 is 0 Å². The predicted octanol–water partition coefficient (Wildman–Crippen LogP) is 3.46. The van der Waals surface area contributed by atoms with Crippen molar-refractivity contribution in [2.24, 2.45) is 0 Å². The molecule has 0 saturated carbocycles. The minimum Gasteiger partial charge on any atom is -0.340 e. The number of quaternary nitrogens is 1. The van der Waals surface area contributed by atoms with Gasteiger partial charge in [-0.15, -0.1) is 0 Å². The monoisotopic (exact) mass is 406 g/mol. The Morgan fingerprint density at radius 3 is 2.58 bits per heavy atom. The highest BCUT2D eigenvalue weighted by atomic mass is 79.9. The van der Waals surface area contributed by atoms with E-state index in [1.54, 1.807) is 0 Å². The summed E-state index contributed by atoms with van der Waals surface area (Å²) in [7, 11) is 4.42. The molecule has 1 N–H and O–H groups in total. The van der Waals surface area contributed by atoms with Gasteiger partial charge in [0.15, 0.2) is 0 Å². The molecule has 0 unspecified atom stereocenters. The average molecular weight is 407 g/mol. The molecule has 1 aromatic carbocycles. The smallest absolute Gasteiger partial charge is 0.141 e. The van der Waals surface area contributed by atoms with Gasteiger partial charge in [-0.25, -0.2) is 4.98 Å². The second kappa shape index (κ2) is 7.89. The number of fused-ring (bicyclic) bond motifs is 1. The summed E-state index contributed by atoms with van der Waals surface area (Å²) in [6.45, 7) is 2.18. The quantitative estimate of drug-likeness (QED) is 0.767. The van der Waals surface area contributed by atoms with Gasteiger partial charge in [-0.3, -0.25) is 0 Å². The number of halogens is 1. The average Bonchev–Trinajstić information content (AvgIpc) is 2.57. The van der Waals surface area contributed by atoms with E-state index in [1.165, 1.54) is 29.0 Å². The Morgan fingerprint density at radius 2 is 1.88 bits per heavy atom. The highest BCUT2D eigenvalue weighted by molar-refractivity contribution is 9.10. The van der Waals surface area contributed by atoms with E-state index in [0.29, 0.717) is 0 Å². The van der Waals surface area contributed by atoms with E-state index in [0.717, 1.165) is 52.9 Å². The standard InChI is InChI=1S/C19H24BrN3S/c1-22(2)12-5-13-23-17-7-4-3-6-16(17)19(24)21-18(23)14-8-10-15(20)11-9-14/h8-11H,3-7,12-13H2,1-2H3/p+1. The maximum atomic E-state index is 5.63. The third kappa shape index (κ3) is 3.95. The minimum atomic E-state index is 0.803. The fraction of sp³-hybridized carbons (Fsp3) is 0.474. The van der Waals surface area contributed by atoms with Crippen molar-refractivity contribution in [1.82, 2.24) is 9.55 Å². The van der Waals surface area contributed by atoms with E-state index in [-0.39, 0.29) is 0 Å². The van der Waals surface area contributed by atoms with E-state index in [2.05, 4.69) is 58.9 Å². The molecule has 2 aromatic rings. The molecule has 0 fully saturated rings. The van der Waals surface area contributed by atoms with Crippen LogP contribution in [0.25, 0.3) is 11.4 Å². The molecule has 1 aromatic heterocycles. The van der Waals surface area contributed by atoms with Crippen LogP contribution < -0.4 is 4.90 Å². The van der Waals surface area contributed by atoms with Gasteiger partial charge in [-0.05, 0) is 37.8 Å². The lowest BCUT2D eigenvalue weighted by molar-refractivity contribution is -0.858. The van der Waals surface area contributed by atoms with Crippen LogP contribution in [0.15, 0.2) is 28.7 Å². The lowest BCUT2D eigenvalue weighted by Gasteiger charge is -2.24. The third-order valence-electron chi connectivity index (χ3n) is 4.65. The van der Waals surface area contributed by atoms with Crippen molar-refractivity contribution in [1.29, 1.82) is 0 Å². The molecule has 0 bridgehead atoms. The molecule has 0 radical (unpaired) electrons. The second-order valence-corrected chi connectivity index (χ2v) is 8.14. The van der Waals surface area contributed by atoms with E-state index in [1.807, 2.05) is 0 Å². The van der Waals surface area contributed by atoms with Crippen LogP contribution in [0.3, 0.4) is 0 Å². The molecule has 0 amide bonds. The number of nitrogens with zero attached hydrogens (tertiary/aromatic N) is 2. The van der Waals surface area contributed by atoms with Gasteiger partial charge in [0.1, 0.15) is 10.5 Å². The Hall–Kier alpha value is -1.04. The van der Waals surface area contributed by atoms with Gasteiger partial charge in [-0.2, -0.15) is 0 Å². The van der Waals surface area contributed by atoms with Crippen LogP contribution in [0.5, 0.6) is 0 Å². The summed E-state index contributed by atoms with van der Waals surface area (Å²) in [5.41, 5.74) is 3.89. The summed E-state index contributed by atoms with van der Waals surface area (Å²) in [6, 6.07) is 8.41. The van der Waals surface area contributed by atoms with Gasteiger partial charge in [0.2, 0.25) is 0 Å². The molecule has 1 aliphatic carbocycles. The van der Waals surface area contributed by atoms with Gasteiger partial charge in [-0.1, -0.05) is 40.3 Å². The molecular weight excluding hydrogens is 382 g/mol. The van der Waals surface area contributed by atoms with E-state index >= 15 is 0 Å². The predicted molar refractivity (Wildman–Crippen MR) is 105 cm³/mol. The molecule has 0 atom stereocenters. The summed E-state index contributed by atoms with van der Waals surface area (Å²) in [6.07, 6.45) is 5.85. The normalized spacial score (nSPS) is 14.0. The van der Waals surface area contributed by atoms with Gasteiger partial charge < -0.3 is 9.47 Å². The zero-order valence-electron chi connectivity index (χ0n) is 14.4. The van der Waals surface area contributed by atoms with E-state index in [9.17, 15) is 0 Å². The number of benzene rings is 1. The molecule has 0 aliphatic heterocycles. The summed E-state index contributed by atoms with van der Waals surface area (Å²) in [5.74, 6) is 1.03. The number of hydrogen-bond donors (Lipinski definition) is 1. The Kier molecular flexibility index (Phi) is 5.85. The molecule has 3 nitrogen and oxygen atoms in total. The van der Waals surface area contributed by atoms with Crippen molar-refractivity contribution in [2.45, 2.75) is 38.6 Å². The number of nitrogens with one attached hydrogen (secondary N) is 1. The van der Waals surface area contributed by atoms with Gasteiger partial charge in [0.25, 0.3) is 0 Å². The van der Waals surface area contributed by atoms with E-state index in [4.69, 9.17) is 17.2 Å². The van der Waals surface area contributed by atoms with Crippen LogP contribution in [-0.2, 0) is 19.4 Å². The Bertz CT molecular complexity index is 765. The third-order valence-corrected chi connectivity index (χ3v) is 5.51. The molecule has 128 valence electrons. The van der Waals surface area contributed by atoms with Crippen LogP contribution in [0.4, 0.5) is 0 Å². The van der Waals surface area contributed by atoms with Crippen LogP contribution in [0.1, 0.15) is 30.5 Å². The number of hydrogen-bond acceptors (Lipinski definition) is 2. The first-order valence-corrected chi connectivity index (χ1v) is 9.94. The Morgan fingerprint density at radius 1 is 1.17 bits per heavy atom. The maximum Gasteiger partial charge on any atom is 0.141 e. The fourth-order valence-corrected chi connectivity index (χ4v) is 3.99. The highest BCUT2D eigenvalue weighted by Crippen LogP contribution is 2.28. The van der Waals surface area contributed by atoms with Gasteiger partial charge >= 0.3 is 0 Å².